The maximum absolute atomic E-state index is 8.85. The molecule has 0 aromatic carbocycles. The molecule has 9 heavy (non-hydrogen) atoms. The minimum absolute atomic E-state index is 0.0122. The van der Waals surface area contributed by atoms with Crippen molar-refractivity contribution in [3.05, 3.63) is 12.7 Å². The van der Waals surface area contributed by atoms with Gasteiger partial charge in [-0.05, 0) is 11.3 Å². The molecule has 0 aliphatic rings. The van der Waals surface area contributed by atoms with E-state index in [9.17, 15) is 0 Å². The van der Waals surface area contributed by atoms with Crippen molar-refractivity contribution in [2.45, 2.75) is 20.8 Å². The first kappa shape index (κ1) is 8.70. The molecule has 0 rings (SSSR count). The van der Waals surface area contributed by atoms with Crippen LogP contribution in [0.25, 0.3) is 0 Å². The fourth-order valence-electron chi connectivity index (χ4n) is 0.463. The summed E-state index contributed by atoms with van der Waals surface area (Å²) in [6, 6.07) is 0. The molecule has 0 aromatic rings. The van der Waals surface area contributed by atoms with E-state index < -0.39 is 0 Å². The number of hydrogen-bond acceptors (Lipinski definition) is 1. The second-order valence-electron chi connectivity index (χ2n) is 3.17. The lowest BCUT2D eigenvalue weighted by Crippen LogP contribution is -2.23. The van der Waals surface area contributed by atoms with Crippen molar-refractivity contribution in [3.8, 4) is 0 Å². The van der Waals surface area contributed by atoms with Crippen LogP contribution in [0, 0.1) is 11.3 Å². The normalized spacial score (nSPS) is 15.1. The van der Waals surface area contributed by atoms with Crippen molar-refractivity contribution < 1.29 is 5.11 Å². The average molecular weight is 128 g/mol. The number of allylic oxidation sites excluding steroid dienone is 1. The molecule has 0 aliphatic heterocycles. The van der Waals surface area contributed by atoms with Gasteiger partial charge < -0.3 is 5.11 Å². The molecule has 0 aliphatic carbocycles. The number of aliphatic hydroxyl groups excluding tert-OH is 1. The smallest absolute Gasteiger partial charge is 0.0487 e. The molecule has 0 bridgehead atoms. The molecule has 0 saturated heterocycles. The Balaban J connectivity index is 3.95. The van der Waals surface area contributed by atoms with Crippen LogP contribution in [0.5, 0.6) is 0 Å². The summed E-state index contributed by atoms with van der Waals surface area (Å²) < 4.78 is 0. The summed E-state index contributed by atoms with van der Waals surface area (Å²) in [6.07, 6.45) is 1.87. The predicted molar refractivity (Wildman–Crippen MR) is 40.2 cm³/mol. The molecule has 54 valence electrons. The predicted octanol–water partition coefficient (Wildman–Crippen LogP) is 1.83. The Morgan fingerprint density at radius 1 is 1.67 bits per heavy atom. The molecular weight excluding hydrogens is 112 g/mol. The molecule has 0 amide bonds. The van der Waals surface area contributed by atoms with E-state index >= 15 is 0 Å². The van der Waals surface area contributed by atoms with E-state index in [4.69, 9.17) is 5.11 Å². The number of rotatable bonds is 3. The summed E-state index contributed by atoms with van der Waals surface area (Å²) in [5.41, 5.74) is -0.0122. The molecule has 0 heterocycles. The Hall–Kier alpha value is -0.300. The van der Waals surface area contributed by atoms with Crippen molar-refractivity contribution in [1.82, 2.24) is 0 Å². The third kappa shape index (κ3) is 2.19. The van der Waals surface area contributed by atoms with Crippen molar-refractivity contribution in [3.63, 3.8) is 0 Å². The summed E-state index contributed by atoms with van der Waals surface area (Å²) in [6.45, 7) is 10.00. The van der Waals surface area contributed by atoms with Gasteiger partial charge in [0.05, 0.1) is 0 Å². The van der Waals surface area contributed by atoms with Gasteiger partial charge >= 0.3 is 0 Å². The van der Waals surface area contributed by atoms with Crippen LogP contribution >= 0.6 is 0 Å². The summed E-state index contributed by atoms with van der Waals surface area (Å²) in [5.74, 6) is 0.377. The van der Waals surface area contributed by atoms with Crippen LogP contribution < -0.4 is 0 Å². The zero-order valence-corrected chi connectivity index (χ0v) is 6.52. The van der Waals surface area contributed by atoms with Gasteiger partial charge in [-0.15, -0.1) is 6.58 Å². The largest absolute Gasteiger partial charge is 0.396 e. The van der Waals surface area contributed by atoms with Gasteiger partial charge in [0, 0.05) is 6.61 Å². The topological polar surface area (TPSA) is 20.2 Å². The summed E-state index contributed by atoms with van der Waals surface area (Å²) in [4.78, 5) is 0. The maximum atomic E-state index is 8.85. The first-order chi connectivity index (χ1) is 4.04. The average Bonchev–Trinajstić information content (AvgIpc) is 1.86. The molecule has 0 radical (unpaired) electrons. The van der Waals surface area contributed by atoms with Crippen molar-refractivity contribution >= 4 is 0 Å². The van der Waals surface area contributed by atoms with Gasteiger partial charge in [0.15, 0.2) is 0 Å². The van der Waals surface area contributed by atoms with Crippen LogP contribution in [0.4, 0.5) is 0 Å². The molecule has 1 heteroatoms. The highest BCUT2D eigenvalue weighted by Crippen LogP contribution is 2.25. The third-order valence-electron chi connectivity index (χ3n) is 1.99. The van der Waals surface area contributed by atoms with Gasteiger partial charge in [-0.2, -0.15) is 0 Å². The number of aliphatic hydroxyl groups is 1. The highest BCUT2D eigenvalue weighted by molar-refractivity contribution is 4.86. The van der Waals surface area contributed by atoms with E-state index in [-0.39, 0.29) is 12.0 Å². The highest BCUT2D eigenvalue weighted by atomic mass is 16.3. The molecule has 0 saturated carbocycles. The Labute approximate surface area is 57.4 Å². The van der Waals surface area contributed by atoms with Crippen LogP contribution in [0.2, 0.25) is 0 Å². The SMILES string of the molecule is C=C[C@@H](C)C(C)(C)CO. The van der Waals surface area contributed by atoms with Gasteiger partial charge in [-0.3, -0.25) is 0 Å². The van der Waals surface area contributed by atoms with Gasteiger partial charge in [-0.25, -0.2) is 0 Å². The maximum Gasteiger partial charge on any atom is 0.0487 e. The van der Waals surface area contributed by atoms with E-state index in [1.165, 1.54) is 0 Å². The Morgan fingerprint density at radius 3 is 2.22 bits per heavy atom. The molecule has 0 spiro atoms. The molecule has 0 fully saturated rings. The monoisotopic (exact) mass is 128 g/mol. The Morgan fingerprint density at radius 2 is 2.11 bits per heavy atom. The van der Waals surface area contributed by atoms with E-state index in [1.54, 1.807) is 0 Å². The molecule has 0 unspecified atom stereocenters. The van der Waals surface area contributed by atoms with Crippen LogP contribution in [0.15, 0.2) is 12.7 Å². The fourth-order valence-corrected chi connectivity index (χ4v) is 0.463. The first-order valence-corrected chi connectivity index (χ1v) is 3.28. The van der Waals surface area contributed by atoms with E-state index in [1.807, 2.05) is 19.9 Å². The lowest BCUT2D eigenvalue weighted by Gasteiger charge is -2.26. The molecule has 1 N–H and O–H groups in total. The summed E-state index contributed by atoms with van der Waals surface area (Å²) in [7, 11) is 0. The van der Waals surface area contributed by atoms with E-state index in [2.05, 4.69) is 13.5 Å². The van der Waals surface area contributed by atoms with Crippen LogP contribution in [0.3, 0.4) is 0 Å². The van der Waals surface area contributed by atoms with Gasteiger partial charge in [0.25, 0.3) is 0 Å². The molecular formula is C8H16O. The third-order valence-corrected chi connectivity index (χ3v) is 1.99. The minimum Gasteiger partial charge on any atom is -0.396 e. The second kappa shape index (κ2) is 3.02. The Kier molecular flexibility index (Phi) is 2.92. The first-order valence-electron chi connectivity index (χ1n) is 3.28. The lowest BCUT2D eigenvalue weighted by atomic mass is 9.81. The van der Waals surface area contributed by atoms with Gasteiger partial charge in [-0.1, -0.05) is 26.8 Å². The molecule has 0 aromatic heterocycles. The minimum atomic E-state index is -0.0122. The molecule has 1 atom stereocenters. The standard InChI is InChI=1S/C8H16O/c1-5-7(2)8(3,4)6-9/h5,7,9H,1,6H2,2-4H3/t7-/m1/s1. The second-order valence-corrected chi connectivity index (χ2v) is 3.17. The van der Waals surface area contributed by atoms with Crippen molar-refractivity contribution in [2.24, 2.45) is 11.3 Å². The lowest BCUT2D eigenvalue weighted by molar-refractivity contribution is 0.125. The van der Waals surface area contributed by atoms with Crippen LogP contribution in [-0.4, -0.2) is 11.7 Å². The Bertz CT molecular complexity index is 94.7. The number of hydrogen-bond donors (Lipinski definition) is 1. The van der Waals surface area contributed by atoms with Gasteiger partial charge in [0.2, 0.25) is 0 Å². The van der Waals surface area contributed by atoms with Crippen molar-refractivity contribution in [1.29, 1.82) is 0 Å². The van der Waals surface area contributed by atoms with Crippen molar-refractivity contribution in [2.75, 3.05) is 6.61 Å². The fraction of sp³-hybridized carbons (Fsp3) is 0.750. The van der Waals surface area contributed by atoms with E-state index in [0.29, 0.717) is 5.92 Å². The highest BCUT2D eigenvalue weighted by Gasteiger charge is 2.21. The zero-order chi connectivity index (χ0) is 7.49. The van der Waals surface area contributed by atoms with Crippen LogP contribution in [-0.2, 0) is 0 Å². The summed E-state index contributed by atoms with van der Waals surface area (Å²) >= 11 is 0. The quantitative estimate of drug-likeness (QED) is 0.575. The summed E-state index contributed by atoms with van der Waals surface area (Å²) in [5, 5.41) is 8.85. The van der Waals surface area contributed by atoms with Crippen LogP contribution in [0.1, 0.15) is 20.8 Å². The van der Waals surface area contributed by atoms with Gasteiger partial charge in [0.1, 0.15) is 0 Å². The van der Waals surface area contributed by atoms with E-state index in [0.717, 1.165) is 0 Å². The zero-order valence-electron chi connectivity index (χ0n) is 6.52. The molecule has 1 nitrogen and oxygen atoms in total.